The molecule has 1 aromatic carbocycles. The summed E-state index contributed by atoms with van der Waals surface area (Å²) in [6.07, 6.45) is -0.360. The molecule has 8 heteroatoms. The molecular weight excluding hydrogens is 314 g/mol. The minimum absolute atomic E-state index is 0.227. The van der Waals surface area contributed by atoms with Crippen molar-refractivity contribution in [1.29, 1.82) is 0 Å². The van der Waals surface area contributed by atoms with Crippen LogP contribution in [0.2, 0.25) is 0 Å². The Kier molecular flexibility index (Phi) is 5.76. The van der Waals surface area contributed by atoms with Gasteiger partial charge in [-0.3, -0.25) is 0 Å². The lowest BCUT2D eigenvalue weighted by Crippen LogP contribution is -2.09. The van der Waals surface area contributed by atoms with E-state index in [4.69, 9.17) is 9.25 Å². The molecule has 0 fully saturated rings. The number of thioether (sulfide) groups is 1. The molecule has 0 amide bonds. The van der Waals surface area contributed by atoms with Gasteiger partial charge in [-0.1, -0.05) is 24.8 Å². The van der Waals surface area contributed by atoms with Gasteiger partial charge in [-0.2, -0.15) is 8.78 Å². The van der Waals surface area contributed by atoms with Gasteiger partial charge in [-0.05, 0) is 24.6 Å². The monoisotopic (exact) mass is 328 g/mol. The first kappa shape index (κ1) is 16.3. The number of oxazole rings is 1. The van der Waals surface area contributed by atoms with Crippen LogP contribution in [0.25, 0.3) is 11.1 Å². The highest BCUT2D eigenvalue weighted by Gasteiger charge is 2.11. The minimum Gasteiger partial charge on any atom is -0.431 e. The molecule has 118 valence electrons. The number of fused-ring (bicyclic) bond motifs is 1. The van der Waals surface area contributed by atoms with Crippen molar-refractivity contribution in [3.63, 3.8) is 0 Å². The van der Waals surface area contributed by atoms with E-state index in [1.165, 1.54) is 11.8 Å². The number of halogens is 2. The lowest BCUT2D eigenvalue weighted by molar-refractivity contribution is -0.140. The number of hydrogen-bond donors (Lipinski definition) is 1. The summed E-state index contributed by atoms with van der Waals surface area (Å²) in [5, 5.41) is 0.374. The number of benzene rings is 1. The van der Waals surface area contributed by atoms with Crippen LogP contribution in [0.3, 0.4) is 0 Å². The van der Waals surface area contributed by atoms with E-state index in [1.54, 1.807) is 25.1 Å². The average Bonchev–Trinajstić information content (AvgIpc) is 2.92. The van der Waals surface area contributed by atoms with Gasteiger partial charge in [0.15, 0.2) is 5.58 Å². The van der Waals surface area contributed by atoms with Crippen LogP contribution in [0.5, 0.6) is 0 Å². The summed E-state index contributed by atoms with van der Waals surface area (Å²) in [4.78, 5) is 20.3. The summed E-state index contributed by atoms with van der Waals surface area (Å²) >= 11 is 1.23. The zero-order chi connectivity index (χ0) is 15.9. The van der Waals surface area contributed by atoms with Gasteiger partial charge in [-0.25, -0.2) is 15.3 Å². The first-order valence-corrected chi connectivity index (χ1v) is 7.58. The normalized spacial score (nSPS) is 10.5. The molecular formula is C14H14F2N2O3S. The van der Waals surface area contributed by atoms with Gasteiger partial charge in [-0.15, -0.1) is 0 Å². The zero-order valence-electron chi connectivity index (χ0n) is 11.8. The number of hydrogen-bond acceptors (Lipinski definition) is 6. The van der Waals surface area contributed by atoms with Crippen LogP contribution in [-0.2, 0) is 9.63 Å². The number of rotatable bonds is 7. The lowest BCUT2D eigenvalue weighted by atomic mass is 10.3. The maximum absolute atomic E-state index is 11.9. The summed E-state index contributed by atoms with van der Waals surface area (Å²) < 4.78 is 29.4. The van der Waals surface area contributed by atoms with Gasteiger partial charge in [0, 0.05) is 12.2 Å². The number of carbonyl (C=O) groups excluding carboxylic acids is 1. The summed E-state index contributed by atoms with van der Waals surface area (Å²) in [5.74, 6) is 0.0349. The maximum atomic E-state index is 11.9. The first-order chi connectivity index (χ1) is 10.6. The number of anilines is 1. The first-order valence-electron chi connectivity index (χ1n) is 6.59. The van der Waals surface area contributed by atoms with Crippen molar-refractivity contribution in [2.24, 2.45) is 0 Å². The van der Waals surface area contributed by atoms with E-state index < -0.39 is 12.0 Å². The largest absolute Gasteiger partial charge is 0.431 e. The molecule has 0 saturated carbocycles. The smallest absolute Gasteiger partial charge is 0.331 e. The number of nitrogens with one attached hydrogen (secondary N) is 1. The van der Waals surface area contributed by atoms with Crippen molar-refractivity contribution in [1.82, 2.24) is 4.98 Å². The van der Waals surface area contributed by atoms with Gasteiger partial charge >= 0.3 is 5.97 Å². The highest BCUT2D eigenvalue weighted by molar-refractivity contribution is 7.99. The van der Waals surface area contributed by atoms with Crippen molar-refractivity contribution in [3.05, 3.63) is 30.4 Å². The fourth-order valence-corrected chi connectivity index (χ4v) is 2.29. The topological polar surface area (TPSA) is 64.4 Å². The summed E-state index contributed by atoms with van der Waals surface area (Å²) in [6.45, 7) is 1.68. The molecule has 0 radical (unpaired) electrons. The number of nitrogens with zero attached hydrogens (tertiary/aromatic N) is 1. The number of para-hydroxylation sites is 1. The third-order valence-electron chi connectivity index (χ3n) is 2.60. The molecule has 2 rings (SSSR count). The van der Waals surface area contributed by atoms with E-state index in [0.29, 0.717) is 27.8 Å². The van der Waals surface area contributed by atoms with Crippen LogP contribution in [0.4, 0.5) is 14.5 Å². The quantitative estimate of drug-likeness (QED) is 0.462. The van der Waals surface area contributed by atoms with Crippen molar-refractivity contribution < 1.29 is 22.8 Å². The molecule has 1 heterocycles. The van der Waals surface area contributed by atoms with Gasteiger partial charge in [0.1, 0.15) is 11.2 Å². The number of allylic oxidation sites excluding steroid dienone is 1. The number of carbonyl (C=O) groups is 1. The second-order valence-electron chi connectivity index (χ2n) is 4.19. The number of aromatic nitrogens is 1. The molecule has 0 spiro atoms. The van der Waals surface area contributed by atoms with Crippen molar-refractivity contribution in [2.45, 2.75) is 25.0 Å². The van der Waals surface area contributed by atoms with Gasteiger partial charge in [0.05, 0.1) is 0 Å². The summed E-state index contributed by atoms with van der Waals surface area (Å²) in [5.41, 5.74) is 4.08. The highest BCUT2D eigenvalue weighted by atomic mass is 32.2. The second-order valence-corrected chi connectivity index (χ2v) is 5.24. The molecule has 0 bridgehead atoms. The van der Waals surface area contributed by atoms with Crippen LogP contribution in [0, 0.1) is 0 Å². The molecule has 2 aromatic rings. The molecule has 0 aliphatic rings. The summed E-state index contributed by atoms with van der Waals surface area (Å²) in [7, 11) is 0. The molecule has 0 aliphatic heterocycles. The maximum Gasteiger partial charge on any atom is 0.331 e. The highest BCUT2D eigenvalue weighted by Crippen LogP contribution is 2.28. The van der Waals surface area contributed by atoms with E-state index in [-0.39, 0.29) is 12.8 Å². The Bertz CT molecular complexity index is 684. The Morgan fingerprint density at radius 1 is 1.50 bits per heavy atom. The van der Waals surface area contributed by atoms with E-state index in [2.05, 4.69) is 10.5 Å². The Labute approximate surface area is 129 Å². The third kappa shape index (κ3) is 4.45. The fraction of sp³-hybridized carbons (Fsp3) is 0.286. The van der Waals surface area contributed by atoms with E-state index in [0.717, 1.165) is 6.08 Å². The molecule has 0 aliphatic carbocycles. The minimum atomic E-state index is -1.69. The molecule has 22 heavy (non-hydrogen) atoms. The summed E-state index contributed by atoms with van der Waals surface area (Å²) in [6, 6.07) is 5.15. The fourth-order valence-electron chi connectivity index (χ4n) is 1.57. The Morgan fingerprint density at radius 3 is 3.05 bits per heavy atom. The molecule has 1 aromatic heterocycles. The molecule has 0 saturated heterocycles. The van der Waals surface area contributed by atoms with Crippen LogP contribution in [-0.4, -0.2) is 16.7 Å². The Morgan fingerprint density at radius 2 is 2.32 bits per heavy atom. The van der Waals surface area contributed by atoms with Crippen molar-refractivity contribution >= 4 is 34.5 Å². The van der Waals surface area contributed by atoms with Crippen LogP contribution in [0.15, 0.2) is 40.0 Å². The molecule has 0 atom stereocenters. The van der Waals surface area contributed by atoms with Gasteiger partial charge in [0.25, 0.3) is 11.3 Å². The van der Waals surface area contributed by atoms with Crippen molar-refractivity contribution in [3.8, 4) is 0 Å². The van der Waals surface area contributed by atoms with Crippen LogP contribution < -0.4 is 5.48 Å². The van der Waals surface area contributed by atoms with E-state index in [9.17, 15) is 13.6 Å². The van der Waals surface area contributed by atoms with Crippen LogP contribution >= 0.6 is 11.8 Å². The predicted molar refractivity (Wildman–Crippen MR) is 79.7 cm³/mol. The van der Waals surface area contributed by atoms with Crippen LogP contribution in [0.1, 0.15) is 19.8 Å². The zero-order valence-corrected chi connectivity index (χ0v) is 12.6. The molecule has 0 unspecified atom stereocenters. The van der Waals surface area contributed by atoms with Crippen molar-refractivity contribution in [2.75, 3.05) is 11.2 Å². The molecule has 1 N–H and O–H groups in total. The Balaban J connectivity index is 2.06. The van der Waals surface area contributed by atoms with Gasteiger partial charge < -0.3 is 9.25 Å². The average molecular weight is 328 g/mol. The Hall–Kier alpha value is -2.09. The standard InChI is InChI=1S/C14H14F2N2O3S/c1-2-12(19)21-18-9-5-3-6-10-13(9)17-14(20-10)22-8-4-7-11(15)16/h3,5-7,18H,2,4,8H2,1H3. The van der Waals surface area contributed by atoms with Gasteiger partial charge in [0.2, 0.25) is 0 Å². The third-order valence-corrected chi connectivity index (χ3v) is 3.47. The van der Waals surface area contributed by atoms with E-state index in [1.807, 2.05) is 0 Å². The van der Waals surface area contributed by atoms with E-state index >= 15 is 0 Å². The SMILES string of the molecule is CCC(=O)ONc1cccc2oc(SCCC=C(F)F)nc12. The molecule has 5 nitrogen and oxygen atoms in total. The second kappa shape index (κ2) is 7.79. The predicted octanol–water partition coefficient (Wildman–Crippen LogP) is 4.37. The lowest BCUT2D eigenvalue weighted by Gasteiger charge is -2.05.